The third kappa shape index (κ3) is 6.88. The lowest BCUT2D eigenvalue weighted by molar-refractivity contribution is -0.148. The molecule has 1 unspecified atom stereocenters. The van der Waals surface area contributed by atoms with Crippen LogP contribution < -0.4 is 4.74 Å². The van der Waals surface area contributed by atoms with Gasteiger partial charge < -0.3 is 9.47 Å². The Balaban J connectivity index is 1.76. The van der Waals surface area contributed by atoms with Crippen molar-refractivity contribution in [1.82, 2.24) is 0 Å². The van der Waals surface area contributed by atoms with Gasteiger partial charge in [-0.2, -0.15) is 5.26 Å². The fourth-order valence-corrected chi connectivity index (χ4v) is 2.14. The zero-order valence-electron chi connectivity index (χ0n) is 15.7. The molecule has 27 heavy (non-hydrogen) atoms. The van der Waals surface area contributed by atoms with Crippen LogP contribution in [-0.2, 0) is 9.53 Å². The fraction of sp³-hybridized carbons (Fsp3) is 0.304. The molecule has 0 bridgehead atoms. The third-order valence-corrected chi connectivity index (χ3v) is 4.04. The van der Waals surface area contributed by atoms with Crippen LogP contribution in [0.5, 0.6) is 5.75 Å². The van der Waals surface area contributed by atoms with Crippen molar-refractivity contribution in [2.24, 2.45) is 5.92 Å². The molecule has 0 saturated heterocycles. The van der Waals surface area contributed by atoms with E-state index >= 15 is 0 Å². The number of hydrogen-bond acceptors (Lipinski definition) is 4. The summed E-state index contributed by atoms with van der Waals surface area (Å²) in [5, 5.41) is 8.79. The van der Waals surface area contributed by atoms with Crippen LogP contribution in [0.2, 0.25) is 0 Å². The number of nitrogens with zero attached hydrogens (tertiary/aromatic N) is 1. The summed E-state index contributed by atoms with van der Waals surface area (Å²) < 4.78 is 10.8. The highest BCUT2D eigenvalue weighted by Crippen LogP contribution is 2.12. The van der Waals surface area contributed by atoms with Crippen LogP contribution >= 0.6 is 0 Å². The lowest BCUT2D eigenvalue weighted by Crippen LogP contribution is -2.15. The van der Waals surface area contributed by atoms with Gasteiger partial charge in [-0.15, -0.1) is 0 Å². The molecule has 0 aromatic heterocycles. The summed E-state index contributed by atoms with van der Waals surface area (Å²) >= 11 is 0. The molecule has 2 rings (SSSR count). The van der Waals surface area contributed by atoms with Crippen molar-refractivity contribution in [2.75, 3.05) is 13.2 Å². The molecule has 0 N–H and O–H groups in total. The maximum absolute atomic E-state index is 11.6. The number of benzene rings is 2. The van der Waals surface area contributed by atoms with E-state index in [-0.39, 0.29) is 11.9 Å². The SMILES string of the molecule is CCC(C)C(=O)OCCCOc1ccc(C#Cc2ccc(C#N)cc2)cc1. The molecule has 0 saturated carbocycles. The monoisotopic (exact) mass is 361 g/mol. The molecule has 0 radical (unpaired) electrons. The average molecular weight is 361 g/mol. The van der Waals surface area contributed by atoms with Crippen LogP contribution in [0.3, 0.4) is 0 Å². The normalized spacial score (nSPS) is 10.9. The number of rotatable bonds is 7. The van der Waals surface area contributed by atoms with Crippen molar-refractivity contribution in [3.63, 3.8) is 0 Å². The Bertz CT molecular complexity index is 836. The number of carbonyl (C=O) groups excluding carboxylic acids is 1. The summed E-state index contributed by atoms with van der Waals surface area (Å²) in [6.45, 7) is 4.69. The maximum Gasteiger partial charge on any atom is 0.308 e. The topological polar surface area (TPSA) is 59.3 Å². The minimum absolute atomic E-state index is 0.0520. The highest BCUT2D eigenvalue weighted by Gasteiger charge is 2.11. The van der Waals surface area contributed by atoms with Gasteiger partial charge in [-0.1, -0.05) is 25.7 Å². The summed E-state index contributed by atoms with van der Waals surface area (Å²) in [4.78, 5) is 11.6. The number of hydrogen-bond donors (Lipinski definition) is 0. The van der Waals surface area contributed by atoms with Gasteiger partial charge in [0.15, 0.2) is 0 Å². The van der Waals surface area contributed by atoms with Crippen molar-refractivity contribution in [3.8, 4) is 23.7 Å². The Labute approximate surface area is 160 Å². The van der Waals surface area contributed by atoms with E-state index in [1.54, 1.807) is 12.1 Å². The molecular weight excluding hydrogens is 338 g/mol. The van der Waals surface area contributed by atoms with Gasteiger partial charge in [0.1, 0.15) is 5.75 Å². The van der Waals surface area contributed by atoms with E-state index in [1.807, 2.05) is 50.2 Å². The maximum atomic E-state index is 11.6. The molecule has 0 aliphatic carbocycles. The van der Waals surface area contributed by atoms with Gasteiger partial charge in [0.2, 0.25) is 0 Å². The number of ether oxygens (including phenoxy) is 2. The van der Waals surface area contributed by atoms with Crippen LogP contribution in [0.1, 0.15) is 43.4 Å². The van der Waals surface area contributed by atoms with Crippen molar-refractivity contribution in [2.45, 2.75) is 26.7 Å². The first-order chi connectivity index (χ1) is 13.1. The fourth-order valence-electron chi connectivity index (χ4n) is 2.14. The van der Waals surface area contributed by atoms with Gasteiger partial charge in [0.05, 0.1) is 30.8 Å². The van der Waals surface area contributed by atoms with Crippen molar-refractivity contribution >= 4 is 5.97 Å². The van der Waals surface area contributed by atoms with Crippen LogP contribution in [0.15, 0.2) is 48.5 Å². The minimum atomic E-state index is -0.150. The Kier molecular flexibility index (Phi) is 7.94. The number of esters is 1. The first-order valence-electron chi connectivity index (χ1n) is 9.04. The molecule has 4 nitrogen and oxygen atoms in total. The second-order valence-electron chi connectivity index (χ2n) is 6.14. The molecular formula is C23H23NO3. The van der Waals surface area contributed by atoms with Gasteiger partial charge in [-0.25, -0.2) is 0 Å². The van der Waals surface area contributed by atoms with E-state index in [2.05, 4.69) is 17.9 Å². The molecule has 0 amide bonds. The smallest absolute Gasteiger partial charge is 0.308 e. The second kappa shape index (κ2) is 10.7. The van der Waals surface area contributed by atoms with E-state index in [4.69, 9.17) is 14.7 Å². The largest absolute Gasteiger partial charge is 0.493 e. The molecule has 138 valence electrons. The number of carbonyl (C=O) groups is 1. The molecule has 0 aliphatic heterocycles. The van der Waals surface area contributed by atoms with Gasteiger partial charge in [-0.3, -0.25) is 4.79 Å². The van der Waals surface area contributed by atoms with Gasteiger partial charge in [-0.05, 0) is 55.0 Å². The standard InChI is InChI=1S/C23H23NO3/c1-3-18(2)23(25)27-16-4-15-26-22-13-11-20(12-14-22)6-5-19-7-9-21(17-24)10-8-19/h7-14,18H,3-4,15-16H2,1-2H3. The summed E-state index contributed by atoms with van der Waals surface area (Å²) in [7, 11) is 0. The van der Waals surface area contributed by atoms with Crippen molar-refractivity contribution in [1.29, 1.82) is 5.26 Å². The Hall–Kier alpha value is -3.24. The Morgan fingerprint density at radius 3 is 2.07 bits per heavy atom. The molecule has 0 heterocycles. The van der Waals surface area contributed by atoms with E-state index in [0.717, 1.165) is 23.3 Å². The lowest BCUT2D eigenvalue weighted by Gasteiger charge is -2.10. The first kappa shape index (κ1) is 20.1. The lowest BCUT2D eigenvalue weighted by atomic mass is 10.1. The molecule has 2 aromatic rings. The van der Waals surface area contributed by atoms with E-state index < -0.39 is 0 Å². The van der Waals surface area contributed by atoms with Crippen molar-refractivity contribution < 1.29 is 14.3 Å². The molecule has 0 spiro atoms. The molecule has 2 aromatic carbocycles. The Morgan fingerprint density at radius 2 is 1.52 bits per heavy atom. The molecule has 1 atom stereocenters. The first-order valence-corrected chi connectivity index (χ1v) is 9.04. The summed E-state index contributed by atoms with van der Waals surface area (Å²) in [6.07, 6.45) is 1.44. The summed E-state index contributed by atoms with van der Waals surface area (Å²) in [5.41, 5.74) is 2.37. The third-order valence-electron chi connectivity index (χ3n) is 4.04. The quantitative estimate of drug-likeness (QED) is 0.419. The van der Waals surface area contributed by atoms with Gasteiger partial charge in [0, 0.05) is 17.5 Å². The van der Waals surface area contributed by atoms with Gasteiger partial charge >= 0.3 is 5.97 Å². The molecule has 0 fully saturated rings. The highest BCUT2D eigenvalue weighted by atomic mass is 16.5. The van der Waals surface area contributed by atoms with Crippen molar-refractivity contribution in [3.05, 3.63) is 65.2 Å². The Morgan fingerprint density at radius 1 is 0.963 bits per heavy atom. The van der Waals surface area contributed by atoms with Crippen LogP contribution in [0, 0.1) is 29.1 Å². The predicted octanol–water partition coefficient (Wildman–Crippen LogP) is 4.32. The zero-order valence-corrected chi connectivity index (χ0v) is 15.7. The van der Waals surface area contributed by atoms with E-state index in [9.17, 15) is 4.79 Å². The van der Waals surface area contributed by atoms with Crippen LogP contribution in [0.25, 0.3) is 0 Å². The molecule has 4 heteroatoms. The molecule has 0 aliphatic rings. The van der Waals surface area contributed by atoms with Gasteiger partial charge in [0.25, 0.3) is 0 Å². The van der Waals surface area contributed by atoms with E-state index in [1.165, 1.54) is 0 Å². The van der Waals surface area contributed by atoms with Crippen LogP contribution in [0.4, 0.5) is 0 Å². The summed E-state index contributed by atoms with van der Waals surface area (Å²) in [6, 6.07) is 16.8. The number of nitriles is 1. The van der Waals surface area contributed by atoms with E-state index in [0.29, 0.717) is 25.2 Å². The minimum Gasteiger partial charge on any atom is -0.493 e. The summed E-state index contributed by atoms with van der Waals surface area (Å²) in [5.74, 6) is 6.71. The highest BCUT2D eigenvalue weighted by molar-refractivity contribution is 5.71. The average Bonchev–Trinajstić information content (AvgIpc) is 2.72. The van der Waals surface area contributed by atoms with Crippen LogP contribution in [-0.4, -0.2) is 19.2 Å². The predicted molar refractivity (Wildman–Crippen MR) is 104 cm³/mol. The second-order valence-corrected chi connectivity index (χ2v) is 6.14. The zero-order chi connectivity index (χ0) is 19.5.